The Morgan fingerprint density at radius 3 is 2.62 bits per heavy atom. The van der Waals surface area contributed by atoms with Gasteiger partial charge in [0.05, 0.1) is 19.8 Å². The van der Waals surface area contributed by atoms with Gasteiger partial charge in [-0.25, -0.2) is 0 Å². The van der Waals surface area contributed by atoms with Gasteiger partial charge in [-0.2, -0.15) is 5.10 Å². The van der Waals surface area contributed by atoms with E-state index in [1.54, 1.807) is 0 Å². The third-order valence-electron chi connectivity index (χ3n) is 4.43. The molecule has 0 radical (unpaired) electrons. The van der Waals surface area contributed by atoms with Crippen molar-refractivity contribution >= 4 is 5.91 Å². The number of ether oxygens (including phenoxy) is 1. The highest BCUT2D eigenvalue weighted by Crippen LogP contribution is 2.18. The highest BCUT2D eigenvalue weighted by atomic mass is 16.5. The van der Waals surface area contributed by atoms with Crippen LogP contribution in [0.3, 0.4) is 0 Å². The van der Waals surface area contributed by atoms with Crippen molar-refractivity contribution in [1.29, 1.82) is 0 Å². The predicted octanol–water partition coefficient (Wildman–Crippen LogP) is 0.454. The lowest BCUT2D eigenvalue weighted by molar-refractivity contribution is -0.136. The molecule has 0 unspecified atom stereocenters. The second kappa shape index (κ2) is 7.04. The van der Waals surface area contributed by atoms with Crippen LogP contribution in [0.2, 0.25) is 0 Å². The number of carbonyl (C=O) groups is 1. The van der Waals surface area contributed by atoms with Crippen LogP contribution in [0.4, 0.5) is 0 Å². The topological polar surface area (TPSA) is 50.6 Å². The van der Waals surface area contributed by atoms with E-state index >= 15 is 0 Å². The van der Waals surface area contributed by atoms with Gasteiger partial charge in [-0.15, -0.1) is 0 Å². The minimum atomic E-state index is 0.254. The van der Waals surface area contributed by atoms with Crippen molar-refractivity contribution in [3.05, 3.63) is 18.5 Å². The van der Waals surface area contributed by atoms with Crippen LogP contribution in [0.1, 0.15) is 12.8 Å². The molecule has 0 spiro atoms. The maximum absolute atomic E-state index is 12.2. The van der Waals surface area contributed by atoms with E-state index in [1.807, 2.05) is 28.0 Å². The summed E-state index contributed by atoms with van der Waals surface area (Å²) in [6.07, 6.45) is 6.15. The number of rotatable bonds is 4. The Labute approximate surface area is 125 Å². The molecule has 0 atom stereocenters. The first-order valence-electron chi connectivity index (χ1n) is 7.86. The number of hydrogen-bond acceptors (Lipinski definition) is 4. The first-order valence-corrected chi connectivity index (χ1v) is 7.86. The maximum atomic E-state index is 12.2. The van der Waals surface area contributed by atoms with E-state index in [0.29, 0.717) is 25.7 Å². The van der Waals surface area contributed by atoms with Gasteiger partial charge < -0.3 is 9.64 Å². The second-order valence-electron chi connectivity index (χ2n) is 5.94. The molecule has 2 fully saturated rings. The highest BCUT2D eigenvalue weighted by Gasteiger charge is 2.24. The molecule has 3 rings (SSSR count). The van der Waals surface area contributed by atoms with E-state index in [9.17, 15) is 4.79 Å². The van der Waals surface area contributed by atoms with Gasteiger partial charge in [-0.1, -0.05) is 0 Å². The van der Waals surface area contributed by atoms with Crippen molar-refractivity contribution in [3.63, 3.8) is 0 Å². The summed E-state index contributed by atoms with van der Waals surface area (Å²) in [5.74, 6) is 0.934. The van der Waals surface area contributed by atoms with Gasteiger partial charge in [-0.05, 0) is 37.9 Å². The van der Waals surface area contributed by atoms with Gasteiger partial charge in [-0.3, -0.25) is 14.4 Å². The fourth-order valence-corrected chi connectivity index (χ4v) is 3.10. The Balaban J connectivity index is 1.40. The Morgan fingerprint density at radius 1 is 1.19 bits per heavy atom. The number of amides is 1. The lowest BCUT2D eigenvalue weighted by Gasteiger charge is -2.34. The summed E-state index contributed by atoms with van der Waals surface area (Å²) in [7, 11) is 0. The maximum Gasteiger partial charge on any atom is 0.236 e. The molecular formula is C15H24N4O2. The molecule has 0 bridgehead atoms. The molecule has 3 heterocycles. The Bertz CT molecular complexity index is 435. The van der Waals surface area contributed by atoms with Crippen molar-refractivity contribution in [2.24, 2.45) is 5.92 Å². The zero-order valence-corrected chi connectivity index (χ0v) is 12.5. The lowest BCUT2D eigenvalue weighted by atomic mass is 9.97. The molecule has 1 aromatic heterocycles. The Morgan fingerprint density at radius 2 is 1.95 bits per heavy atom. The quantitative estimate of drug-likeness (QED) is 0.809. The largest absolute Gasteiger partial charge is 0.378 e. The number of nitrogens with zero attached hydrogens (tertiary/aromatic N) is 4. The summed E-state index contributed by atoms with van der Waals surface area (Å²) in [6.45, 7) is 6.44. The molecule has 1 aromatic rings. The third-order valence-corrected chi connectivity index (χ3v) is 4.43. The van der Waals surface area contributed by atoms with Crippen molar-refractivity contribution in [1.82, 2.24) is 19.6 Å². The third kappa shape index (κ3) is 4.04. The van der Waals surface area contributed by atoms with Gasteiger partial charge in [0.2, 0.25) is 5.91 Å². The minimum absolute atomic E-state index is 0.254. The number of carbonyl (C=O) groups excluding carboxylic acids is 1. The smallest absolute Gasteiger partial charge is 0.236 e. The van der Waals surface area contributed by atoms with Gasteiger partial charge in [0.25, 0.3) is 0 Å². The molecule has 116 valence electrons. The van der Waals surface area contributed by atoms with Crippen molar-refractivity contribution in [3.8, 4) is 0 Å². The SMILES string of the molecule is O=C(CN1CCC(Cn2cccn2)CC1)N1CCOCC1. The molecule has 0 N–H and O–H groups in total. The molecule has 0 saturated carbocycles. The van der Waals surface area contributed by atoms with E-state index < -0.39 is 0 Å². The minimum Gasteiger partial charge on any atom is -0.378 e. The molecule has 2 aliphatic rings. The standard InChI is InChI=1S/C15H24N4O2/c20-15(18-8-10-21-11-9-18)13-17-6-2-14(3-7-17)12-19-5-1-4-16-19/h1,4-5,14H,2-3,6-13H2. The summed E-state index contributed by atoms with van der Waals surface area (Å²) >= 11 is 0. The predicted molar refractivity (Wildman–Crippen MR) is 78.8 cm³/mol. The monoisotopic (exact) mass is 292 g/mol. The van der Waals surface area contributed by atoms with Crippen LogP contribution in [0.5, 0.6) is 0 Å². The average Bonchev–Trinajstić information content (AvgIpc) is 3.03. The number of piperidine rings is 1. The molecule has 0 aromatic carbocycles. The van der Waals surface area contributed by atoms with E-state index in [-0.39, 0.29) is 5.91 Å². The fourth-order valence-electron chi connectivity index (χ4n) is 3.10. The number of hydrogen-bond donors (Lipinski definition) is 0. The van der Waals surface area contributed by atoms with Crippen LogP contribution in [0.15, 0.2) is 18.5 Å². The number of likely N-dealkylation sites (tertiary alicyclic amines) is 1. The molecule has 2 aliphatic heterocycles. The van der Waals surface area contributed by atoms with Crippen molar-refractivity contribution in [2.75, 3.05) is 45.9 Å². The van der Waals surface area contributed by atoms with Crippen LogP contribution in [0.25, 0.3) is 0 Å². The van der Waals surface area contributed by atoms with Crippen LogP contribution in [-0.2, 0) is 16.1 Å². The van der Waals surface area contributed by atoms with Crippen LogP contribution < -0.4 is 0 Å². The molecule has 0 aliphatic carbocycles. The van der Waals surface area contributed by atoms with E-state index in [2.05, 4.69) is 10.00 Å². The zero-order chi connectivity index (χ0) is 14.5. The van der Waals surface area contributed by atoms with Crippen LogP contribution >= 0.6 is 0 Å². The number of aromatic nitrogens is 2. The zero-order valence-electron chi connectivity index (χ0n) is 12.5. The Hall–Kier alpha value is -1.40. The summed E-state index contributed by atoms with van der Waals surface area (Å²) in [5, 5.41) is 4.27. The van der Waals surface area contributed by atoms with Crippen LogP contribution in [-0.4, -0.2) is 71.4 Å². The van der Waals surface area contributed by atoms with Crippen molar-refractivity contribution in [2.45, 2.75) is 19.4 Å². The van der Waals surface area contributed by atoms with E-state index in [0.717, 1.165) is 45.6 Å². The van der Waals surface area contributed by atoms with Gasteiger partial charge in [0.1, 0.15) is 0 Å². The normalized spacial score (nSPS) is 21.6. The van der Waals surface area contributed by atoms with Crippen molar-refractivity contribution < 1.29 is 9.53 Å². The fraction of sp³-hybridized carbons (Fsp3) is 0.733. The van der Waals surface area contributed by atoms with Gasteiger partial charge in [0, 0.05) is 32.0 Å². The summed E-state index contributed by atoms with van der Waals surface area (Å²) in [4.78, 5) is 16.4. The summed E-state index contributed by atoms with van der Waals surface area (Å²) in [6, 6.07) is 1.97. The Kier molecular flexibility index (Phi) is 4.87. The first-order chi connectivity index (χ1) is 10.3. The molecule has 6 nitrogen and oxygen atoms in total. The summed E-state index contributed by atoms with van der Waals surface area (Å²) in [5.41, 5.74) is 0. The average molecular weight is 292 g/mol. The first kappa shape index (κ1) is 14.5. The van der Waals surface area contributed by atoms with E-state index in [1.165, 1.54) is 0 Å². The molecule has 2 saturated heterocycles. The van der Waals surface area contributed by atoms with Crippen LogP contribution in [0, 0.1) is 5.92 Å². The molecule has 21 heavy (non-hydrogen) atoms. The highest BCUT2D eigenvalue weighted by molar-refractivity contribution is 5.78. The van der Waals surface area contributed by atoms with Gasteiger partial charge in [0.15, 0.2) is 0 Å². The molecule has 6 heteroatoms. The lowest BCUT2D eigenvalue weighted by Crippen LogP contribution is -2.47. The van der Waals surface area contributed by atoms with Gasteiger partial charge >= 0.3 is 0 Å². The molecule has 1 amide bonds. The number of morpholine rings is 1. The summed E-state index contributed by atoms with van der Waals surface area (Å²) < 4.78 is 7.30. The second-order valence-corrected chi connectivity index (χ2v) is 5.94. The van der Waals surface area contributed by atoms with E-state index in [4.69, 9.17) is 4.74 Å². The molecular weight excluding hydrogens is 268 g/mol.